The highest BCUT2D eigenvalue weighted by atomic mass is 32.2. The van der Waals surface area contributed by atoms with Gasteiger partial charge in [-0.05, 0) is 0 Å². The topological polar surface area (TPSA) is 72.0 Å². The number of nitrogens with zero attached hydrogens (tertiary/aromatic N) is 2. The lowest BCUT2D eigenvalue weighted by Gasteiger charge is -2.04. The first kappa shape index (κ1) is 11.9. The van der Waals surface area contributed by atoms with Crippen LogP contribution >= 0.6 is 11.8 Å². The van der Waals surface area contributed by atoms with Crippen LogP contribution in [0.4, 0.5) is 5.82 Å². The molecule has 17 heavy (non-hydrogen) atoms. The van der Waals surface area contributed by atoms with E-state index < -0.39 is 0 Å². The summed E-state index contributed by atoms with van der Waals surface area (Å²) >= 11 is 1.46. The summed E-state index contributed by atoms with van der Waals surface area (Å²) in [5.41, 5.74) is 6.68. The quantitative estimate of drug-likeness (QED) is 0.637. The fraction of sp³-hybridized carbons (Fsp3) is 0.167. The van der Waals surface area contributed by atoms with E-state index in [0.29, 0.717) is 17.4 Å². The zero-order valence-electron chi connectivity index (χ0n) is 9.21. The molecule has 1 aromatic carbocycles. The molecule has 0 bridgehead atoms. The molecule has 2 aromatic rings. The second-order valence-corrected chi connectivity index (χ2v) is 4.51. The van der Waals surface area contributed by atoms with E-state index in [1.807, 2.05) is 30.3 Å². The molecule has 88 valence electrons. The molecule has 0 saturated heterocycles. The third-order valence-electron chi connectivity index (χ3n) is 2.10. The highest BCUT2D eigenvalue weighted by Crippen LogP contribution is 2.21. The van der Waals surface area contributed by atoms with Gasteiger partial charge >= 0.3 is 0 Å². The van der Waals surface area contributed by atoms with Crippen LogP contribution in [0.5, 0.6) is 0 Å². The fourth-order valence-electron chi connectivity index (χ4n) is 1.38. The predicted molar refractivity (Wildman–Crippen MR) is 69.7 cm³/mol. The van der Waals surface area contributed by atoms with Crippen molar-refractivity contribution in [3.05, 3.63) is 36.4 Å². The van der Waals surface area contributed by atoms with Crippen LogP contribution in [0, 0.1) is 0 Å². The summed E-state index contributed by atoms with van der Waals surface area (Å²) in [7, 11) is 0. The maximum absolute atomic E-state index is 8.79. The summed E-state index contributed by atoms with van der Waals surface area (Å²) in [5, 5.41) is 9.57. The summed E-state index contributed by atoms with van der Waals surface area (Å²) in [5.74, 6) is 1.66. The van der Waals surface area contributed by atoms with E-state index in [2.05, 4.69) is 9.97 Å². The molecule has 0 fully saturated rings. The first-order valence-electron chi connectivity index (χ1n) is 5.23. The summed E-state index contributed by atoms with van der Waals surface area (Å²) < 4.78 is 0. The van der Waals surface area contributed by atoms with Crippen LogP contribution in [0.1, 0.15) is 0 Å². The molecule has 0 saturated carbocycles. The van der Waals surface area contributed by atoms with Crippen LogP contribution in [0.3, 0.4) is 0 Å². The van der Waals surface area contributed by atoms with Gasteiger partial charge in [0.05, 0.1) is 6.61 Å². The van der Waals surface area contributed by atoms with Crippen molar-refractivity contribution in [2.24, 2.45) is 0 Å². The number of anilines is 1. The molecule has 0 aliphatic carbocycles. The molecule has 3 N–H and O–H groups in total. The van der Waals surface area contributed by atoms with Gasteiger partial charge in [0.2, 0.25) is 0 Å². The Morgan fingerprint density at radius 2 is 1.94 bits per heavy atom. The number of rotatable bonds is 4. The Hall–Kier alpha value is -1.59. The van der Waals surface area contributed by atoms with Crippen LogP contribution in [0.2, 0.25) is 0 Å². The zero-order valence-corrected chi connectivity index (χ0v) is 10.0. The maximum Gasteiger partial charge on any atom is 0.162 e. The zero-order chi connectivity index (χ0) is 12.1. The highest BCUT2D eigenvalue weighted by Gasteiger charge is 2.05. The van der Waals surface area contributed by atoms with Crippen molar-refractivity contribution in [1.82, 2.24) is 9.97 Å². The van der Waals surface area contributed by atoms with Crippen molar-refractivity contribution in [2.45, 2.75) is 5.03 Å². The molecule has 1 aromatic heterocycles. The van der Waals surface area contributed by atoms with Gasteiger partial charge < -0.3 is 10.8 Å². The van der Waals surface area contributed by atoms with Crippen LogP contribution < -0.4 is 5.73 Å². The van der Waals surface area contributed by atoms with Crippen molar-refractivity contribution in [2.75, 3.05) is 18.1 Å². The van der Waals surface area contributed by atoms with E-state index in [1.165, 1.54) is 11.8 Å². The number of hydrogen-bond acceptors (Lipinski definition) is 5. The Morgan fingerprint density at radius 1 is 1.18 bits per heavy atom. The third kappa shape index (κ3) is 3.18. The lowest BCUT2D eigenvalue weighted by atomic mass is 10.2. The molecular weight excluding hydrogens is 234 g/mol. The van der Waals surface area contributed by atoms with Crippen LogP contribution in [0.25, 0.3) is 11.4 Å². The molecule has 0 radical (unpaired) electrons. The molecule has 0 amide bonds. The van der Waals surface area contributed by atoms with E-state index in [1.54, 1.807) is 6.07 Å². The second kappa shape index (κ2) is 5.65. The second-order valence-electron chi connectivity index (χ2n) is 3.39. The molecule has 4 nitrogen and oxygen atoms in total. The van der Waals surface area contributed by atoms with Gasteiger partial charge in [0.25, 0.3) is 0 Å². The van der Waals surface area contributed by atoms with Crippen LogP contribution in [-0.2, 0) is 0 Å². The van der Waals surface area contributed by atoms with Gasteiger partial charge in [0.15, 0.2) is 5.82 Å². The van der Waals surface area contributed by atoms with E-state index in [9.17, 15) is 0 Å². The number of nitrogens with two attached hydrogens (primary N) is 1. The molecule has 2 rings (SSSR count). The molecule has 0 aliphatic rings. The van der Waals surface area contributed by atoms with Crippen molar-refractivity contribution in [3.8, 4) is 11.4 Å². The summed E-state index contributed by atoms with van der Waals surface area (Å²) in [6, 6.07) is 11.4. The average Bonchev–Trinajstić information content (AvgIpc) is 2.37. The number of aliphatic hydroxyl groups is 1. The van der Waals surface area contributed by atoms with Gasteiger partial charge in [0.1, 0.15) is 10.8 Å². The van der Waals surface area contributed by atoms with Gasteiger partial charge in [0, 0.05) is 17.4 Å². The minimum atomic E-state index is 0.120. The van der Waals surface area contributed by atoms with E-state index >= 15 is 0 Å². The average molecular weight is 247 g/mol. The number of aromatic nitrogens is 2. The molecular formula is C12H13N3OS. The van der Waals surface area contributed by atoms with Gasteiger partial charge in [-0.1, -0.05) is 30.3 Å². The lowest BCUT2D eigenvalue weighted by molar-refractivity contribution is 0.322. The molecule has 5 heteroatoms. The Balaban J connectivity index is 2.32. The summed E-state index contributed by atoms with van der Waals surface area (Å²) in [4.78, 5) is 8.61. The first-order chi connectivity index (χ1) is 8.29. The number of aliphatic hydroxyl groups excluding tert-OH is 1. The number of benzene rings is 1. The largest absolute Gasteiger partial charge is 0.396 e. The van der Waals surface area contributed by atoms with E-state index in [0.717, 1.165) is 10.6 Å². The van der Waals surface area contributed by atoms with Crippen LogP contribution in [-0.4, -0.2) is 27.4 Å². The molecule has 0 unspecified atom stereocenters. The van der Waals surface area contributed by atoms with Crippen molar-refractivity contribution < 1.29 is 5.11 Å². The summed E-state index contributed by atoms with van der Waals surface area (Å²) in [6.07, 6.45) is 0. The fourth-order valence-corrected chi connectivity index (χ4v) is 2.04. The Morgan fingerprint density at radius 3 is 2.65 bits per heavy atom. The standard InChI is InChI=1S/C12H13N3OS/c13-10-8-11(17-7-6-16)15-12(14-10)9-4-2-1-3-5-9/h1-5,8,16H,6-7H2,(H2,13,14,15). The van der Waals surface area contributed by atoms with Gasteiger partial charge in [-0.15, -0.1) is 11.8 Å². The Bertz CT molecular complexity index is 490. The van der Waals surface area contributed by atoms with Crippen LogP contribution in [0.15, 0.2) is 41.4 Å². The van der Waals surface area contributed by atoms with Crippen molar-refractivity contribution in [3.63, 3.8) is 0 Å². The van der Waals surface area contributed by atoms with Gasteiger partial charge in [-0.25, -0.2) is 9.97 Å². The monoisotopic (exact) mass is 247 g/mol. The number of hydrogen-bond donors (Lipinski definition) is 2. The minimum absolute atomic E-state index is 0.120. The maximum atomic E-state index is 8.79. The van der Waals surface area contributed by atoms with E-state index in [4.69, 9.17) is 10.8 Å². The lowest BCUT2D eigenvalue weighted by Crippen LogP contribution is -1.98. The molecule has 0 spiro atoms. The molecule has 0 atom stereocenters. The normalized spacial score (nSPS) is 10.4. The van der Waals surface area contributed by atoms with Crippen molar-refractivity contribution >= 4 is 17.6 Å². The number of thioether (sulfide) groups is 1. The van der Waals surface area contributed by atoms with Crippen molar-refractivity contribution in [1.29, 1.82) is 0 Å². The van der Waals surface area contributed by atoms with Gasteiger partial charge in [-0.3, -0.25) is 0 Å². The first-order valence-corrected chi connectivity index (χ1v) is 6.22. The highest BCUT2D eigenvalue weighted by molar-refractivity contribution is 7.99. The number of nitrogen functional groups attached to an aromatic ring is 1. The Labute approximate surface area is 104 Å². The molecule has 1 heterocycles. The third-order valence-corrected chi connectivity index (χ3v) is 2.99. The Kier molecular flexibility index (Phi) is 3.95. The minimum Gasteiger partial charge on any atom is -0.396 e. The predicted octanol–water partition coefficient (Wildman–Crippen LogP) is 1.81. The van der Waals surface area contributed by atoms with E-state index in [-0.39, 0.29) is 6.61 Å². The summed E-state index contributed by atoms with van der Waals surface area (Å²) in [6.45, 7) is 0.120. The molecule has 0 aliphatic heterocycles. The smallest absolute Gasteiger partial charge is 0.162 e. The van der Waals surface area contributed by atoms with Gasteiger partial charge in [-0.2, -0.15) is 0 Å². The SMILES string of the molecule is Nc1cc(SCCO)nc(-c2ccccc2)n1.